The van der Waals surface area contributed by atoms with Crippen molar-refractivity contribution >= 4 is 5.69 Å². The van der Waals surface area contributed by atoms with Gasteiger partial charge in [0, 0.05) is 5.69 Å². The van der Waals surface area contributed by atoms with Crippen LogP contribution in [0.15, 0.2) is 54.6 Å². The van der Waals surface area contributed by atoms with Gasteiger partial charge in [-0.05, 0) is 43.3 Å². The number of hydrogen-bond acceptors (Lipinski definition) is 2. The van der Waals surface area contributed by atoms with Gasteiger partial charge >= 0.3 is 0 Å². The van der Waals surface area contributed by atoms with E-state index < -0.39 is 12.5 Å². The number of benzene rings is 2. The van der Waals surface area contributed by atoms with E-state index in [2.05, 4.69) is 5.32 Å². The van der Waals surface area contributed by atoms with Crippen molar-refractivity contribution in [3.63, 3.8) is 0 Å². The molecule has 0 radical (unpaired) electrons. The molecule has 1 unspecified atom stereocenters. The molecule has 2 rings (SSSR count). The highest BCUT2D eigenvalue weighted by molar-refractivity contribution is 5.47. The normalized spacial score (nSPS) is 12.2. The highest BCUT2D eigenvalue weighted by Crippen LogP contribution is 2.23. The van der Waals surface area contributed by atoms with Crippen LogP contribution in [0.4, 0.5) is 14.5 Å². The van der Waals surface area contributed by atoms with E-state index in [1.54, 1.807) is 24.3 Å². The van der Waals surface area contributed by atoms with Crippen molar-refractivity contribution < 1.29 is 13.5 Å². The molecule has 19 heavy (non-hydrogen) atoms. The van der Waals surface area contributed by atoms with Crippen LogP contribution in [-0.2, 0) is 0 Å². The minimum absolute atomic E-state index is 0.646. The molecule has 0 bridgehead atoms. The van der Waals surface area contributed by atoms with E-state index in [-0.39, 0.29) is 0 Å². The summed E-state index contributed by atoms with van der Waals surface area (Å²) in [5, 5.41) is 2.73. The summed E-state index contributed by atoms with van der Waals surface area (Å²) in [6.07, 6.45) is -2.39. The molecular weight excluding hydrogens is 248 g/mol. The van der Waals surface area contributed by atoms with Crippen molar-refractivity contribution in [1.29, 1.82) is 0 Å². The Hall–Kier alpha value is -2.10. The van der Waals surface area contributed by atoms with E-state index in [4.69, 9.17) is 4.74 Å². The summed E-state index contributed by atoms with van der Waals surface area (Å²) in [4.78, 5) is 0. The minimum Gasteiger partial charge on any atom is -0.457 e. The van der Waals surface area contributed by atoms with Crippen LogP contribution in [0.25, 0.3) is 0 Å². The minimum atomic E-state index is -2.39. The third-order valence-corrected chi connectivity index (χ3v) is 2.61. The first-order valence-corrected chi connectivity index (χ1v) is 6.03. The Balaban J connectivity index is 1.99. The molecule has 0 saturated heterocycles. The van der Waals surface area contributed by atoms with Gasteiger partial charge in [-0.15, -0.1) is 0 Å². The van der Waals surface area contributed by atoms with Crippen molar-refractivity contribution in [3.8, 4) is 11.5 Å². The van der Waals surface area contributed by atoms with Gasteiger partial charge < -0.3 is 10.1 Å². The molecule has 100 valence electrons. The third-order valence-electron chi connectivity index (χ3n) is 2.61. The molecule has 4 heteroatoms. The first-order chi connectivity index (χ1) is 9.15. The smallest absolute Gasteiger partial charge is 0.258 e. The number of alkyl halides is 2. The molecular formula is C15H15F2NO. The fraction of sp³-hybridized carbons (Fsp3) is 0.200. The predicted molar refractivity (Wildman–Crippen MR) is 72.0 cm³/mol. The van der Waals surface area contributed by atoms with Gasteiger partial charge in [-0.1, -0.05) is 18.2 Å². The Kier molecular flexibility index (Phi) is 4.34. The van der Waals surface area contributed by atoms with Crippen LogP contribution in [-0.4, -0.2) is 12.5 Å². The molecule has 0 spiro atoms. The van der Waals surface area contributed by atoms with Gasteiger partial charge in [0.1, 0.15) is 11.5 Å². The molecule has 0 aliphatic rings. The fourth-order valence-electron chi connectivity index (χ4n) is 1.57. The SMILES string of the molecule is CC(Nc1ccc(Oc2ccccc2)cc1)C(F)F. The lowest BCUT2D eigenvalue weighted by atomic mass is 10.2. The van der Waals surface area contributed by atoms with Crippen LogP contribution in [0.3, 0.4) is 0 Å². The third kappa shape index (κ3) is 3.95. The maximum atomic E-state index is 12.4. The van der Waals surface area contributed by atoms with Crippen LogP contribution < -0.4 is 10.1 Å². The fourth-order valence-corrected chi connectivity index (χ4v) is 1.57. The molecule has 1 N–H and O–H groups in total. The van der Waals surface area contributed by atoms with Gasteiger partial charge in [0.25, 0.3) is 6.43 Å². The molecule has 0 fully saturated rings. The van der Waals surface area contributed by atoms with E-state index in [0.717, 1.165) is 5.75 Å². The van der Waals surface area contributed by atoms with Crippen molar-refractivity contribution in [2.45, 2.75) is 19.4 Å². The van der Waals surface area contributed by atoms with Crippen molar-refractivity contribution in [1.82, 2.24) is 0 Å². The Bertz CT molecular complexity index is 499. The topological polar surface area (TPSA) is 21.3 Å². The monoisotopic (exact) mass is 263 g/mol. The number of rotatable bonds is 5. The molecule has 0 saturated carbocycles. The molecule has 0 amide bonds. The van der Waals surface area contributed by atoms with Gasteiger partial charge in [0.05, 0.1) is 6.04 Å². The number of nitrogens with one attached hydrogen (secondary N) is 1. The van der Waals surface area contributed by atoms with Crippen LogP contribution in [0.1, 0.15) is 6.92 Å². The maximum Gasteiger partial charge on any atom is 0.258 e. The quantitative estimate of drug-likeness (QED) is 0.854. The number of halogens is 2. The van der Waals surface area contributed by atoms with E-state index in [9.17, 15) is 8.78 Å². The van der Waals surface area contributed by atoms with Crippen LogP contribution in [0.2, 0.25) is 0 Å². The lowest BCUT2D eigenvalue weighted by Gasteiger charge is -2.14. The molecule has 0 aromatic heterocycles. The second-order valence-electron chi connectivity index (χ2n) is 4.21. The zero-order chi connectivity index (χ0) is 13.7. The molecule has 2 aromatic rings. The van der Waals surface area contributed by atoms with Crippen molar-refractivity contribution in [2.24, 2.45) is 0 Å². The van der Waals surface area contributed by atoms with Crippen LogP contribution in [0.5, 0.6) is 11.5 Å². The molecule has 0 aliphatic carbocycles. The second-order valence-corrected chi connectivity index (χ2v) is 4.21. The van der Waals surface area contributed by atoms with Crippen LogP contribution in [0, 0.1) is 0 Å². The summed E-state index contributed by atoms with van der Waals surface area (Å²) in [5.74, 6) is 1.41. The Labute approximate surface area is 111 Å². The van der Waals surface area contributed by atoms with Gasteiger partial charge in [0.2, 0.25) is 0 Å². The lowest BCUT2D eigenvalue weighted by molar-refractivity contribution is 0.131. The van der Waals surface area contributed by atoms with E-state index in [0.29, 0.717) is 11.4 Å². The zero-order valence-electron chi connectivity index (χ0n) is 10.5. The summed E-state index contributed by atoms with van der Waals surface area (Å²) < 4.78 is 30.4. The summed E-state index contributed by atoms with van der Waals surface area (Å²) in [6.45, 7) is 1.44. The number of anilines is 1. The Morgan fingerprint density at radius 1 is 0.895 bits per heavy atom. The predicted octanol–water partition coefficient (Wildman–Crippen LogP) is 4.54. The first kappa shape index (κ1) is 13.3. The summed E-state index contributed by atoms with van der Waals surface area (Å²) in [6, 6.07) is 15.4. The van der Waals surface area contributed by atoms with Gasteiger partial charge in [0.15, 0.2) is 0 Å². The van der Waals surface area contributed by atoms with Gasteiger partial charge in [-0.2, -0.15) is 0 Å². The average molecular weight is 263 g/mol. The Morgan fingerprint density at radius 3 is 2.05 bits per heavy atom. The van der Waals surface area contributed by atoms with E-state index >= 15 is 0 Å². The molecule has 2 nitrogen and oxygen atoms in total. The van der Waals surface area contributed by atoms with Crippen LogP contribution >= 0.6 is 0 Å². The summed E-state index contributed by atoms with van der Waals surface area (Å²) >= 11 is 0. The standard InChI is InChI=1S/C15H15F2NO/c1-11(15(16)17)18-12-7-9-14(10-8-12)19-13-5-3-2-4-6-13/h2-11,15,18H,1H3. The molecule has 1 atom stereocenters. The lowest BCUT2D eigenvalue weighted by Crippen LogP contribution is -2.23. The zero-order valence-corrected chi connectivity index (χ0v) is 10.5. The number of hydrogen-bond donors (Lipinski definition) is 1. The first-order valence-electron chi connectivity index (χ1n) is 6.03. The van der Waals surface area contributed by atoms with Crippen molar-refractivity contribution in [2.75, 3.05) is 5.32 Å². The largest absolute Gasteiger partial charge is 0.457 e. The number of para-hydroxylation sites is 1. The van der Waals surface area contributed by atoms with Gasteiger partial charge in [-0.3, -0.25) is 0 Å². The second kappa shape index (κ2) is 6.18. The van der Waals surface area contributed by atoms with E-state index in [1.165, 1.54) is 6.92 Å². The molecule has 2 aromatic carbocycles. The average Bonchev–Trinajstić information content (AvgIpc) is 2.42. The summed E-state index contributed by atoms with van der Waals surface area (Å²) in [5.41, 5.74) is 0.646. The van der Waals surface area contributed by atoms with Crippen molar-refractivity contribution in [3.05, 3.63) is 54.6 Å². The number of ether oxygens (including phenoxy) is 1. The van der Waals surface area contributed by atoms with E-state index in [1.807, 2.05) is 30.3 Å². The highest BCUT2D eigenvalue weighted by atomic mass is 19.3. The van der Waals surface area contributed by atoms with Gasteiger partial charge in [-0.25, -0.2) is 8.78 Å². The highest BCUT2D eigenvalue weighted by Gasteiger charge is 2.13. The molecule has 0 aliphatic heterocycles. The Morgan fingerprint density at radius 2 is 1.47 bits per heavy atom. The summed E-state index contributed by atoms with van der Waals surface area (Å²) in [7, 11) is 0. The maximum absolute atomic E-state index is 12.4. The molecule has 0 heterocycles.